The second-order valence-corrected chi connectivity index (χ2v) is 7.29. The Kier molecular flexibility index (Phi) is 4.40. The summed E-state index contributed by atoms with van der Waals surface area (Å²) >= 11 is 7.93. The summed E-state index contributed by atoms with van der Waals surface area (Å²) in [5, 5.41) is 5.17. The van der Waals surface area contributed by atoms with E-state index < -0.39 is 6.04 Å². The highest BCUT2D eigenvalue weighted by molar-refractivity contribution is 8.00. The second-order valence-electron chi connectivity index (χ2n) is 5.37. The second kappa shape index (κ2) is 6.30. The molecule has 1 amide bonds. The predicted molar refractivity (Wildman–Crippen MR) is 88.5 cm³/mol. The molecule has 2 aromatic rings. The normalized spacial score (nSPS) is 19.4. The molecule has 1 aromatic carbocycles. The van der Waals surface area contributed by atoms with Crippen molar-refractivity contribution in [2.24, 2.45) is 0 Å². The highest BCUT2D eigenvalue weighted by Crippen LogP contribution is 2.39. The molecule has 0 saturated carbocycles. The van der Waals surface area contributed by atoms with Gasteiger partial charge in [0.2, 0.25) is 0 Å². The van der Waals surface area contributed by atoms with E-state index in [4.69, 9.17) is 11.6 Å². The summed E-state index contributed by atoms with van der Waals surface area (Å²) in [6, 6.07) is 5.33. The number of amides is 1. The summed E-state index contributed by atoms with van der Waals surface area (Å²) in [6.07, 6.45) is 3.94. The molecule has 1 aliphatic heterocycles. The van der Waals surface area contributed by atoms with E-state index in [1.165, 1.54) is 6.33 Å². The van der Waals surface area contributed by atoms with E-state index in [0.717, 1.165) is 17.0 Å². The summed E-state index contributed by atoms with van der Waals surface area (Å²) in [4.78, 5) is 19.7. The number of anilines is 1. The van der Waals surface area contributed by atoms with Gasteiger partial charge in [-0.25, -0.2) is 9.67 Å². The molecule has 0 N–H and O–H groups in total. The Morgan fingerprint density at radius 3 is 3.05 bits per heavy atom. The van der Waals surface area contributed by atoms with Gasteiger partial charge in [-0.2, -0.15) is 5.10 Å². The van der Waals surface area contributed by atoms with E-state index >= 15 is 0 Å². The third kappa shape index (κ3) is 2.98. The summed E-state index contributed by atoms with van der Waals surface area (Å²) < 4.78 is 1.58. The Balaban J connectivity index is 1.96. The van der Waals surface area contributed by atoms with Gasteiger partial charge in [0.05, 0.1) is 5.69 Å². The van der Waals surface area contributed by atoms with Crippen molar-refractivity contribution in [3.05, 3.63) is 35.9 Å². The fourth-order valence-corrected chi connectivity index (χ4v) is 3.75. The minimum absolute atomic E-state index is 0.00344. The molecule has 22 heavy (non-hydrogen) atoms. The Labute approximate surface area is 138 Å². The number of carbonyl (C=O) groups is 1. The van der Waals surface area contributed by atoms with Crippen molar-refractivity contribution in [3.8, 4) is 0 Å². The average Bonchev–Trinajstić information content (AvgIpc) is 2.98. The maximum atomic E-state index is 12.9. The zero-order valence-electron chi connectivity index (χ0n) is 12.4. The highest BCUT2D eigenvalue weighted by atomic mass is 35.5. The first-order valence-corrected chi connectivity index (χ1v) is 8.43. The smallest absolute Gasteiger partial charge is 0.251 e. The van der Waals surface area contributed by atoms with E-state index in [9.17, 15) is 4.79 Å². The highest BCUT2D eigenvalue weighted by Gasteiger charge is 2.28. The van der Waals surface area contributed by atoms with E-state index in [-0.39, 0.29) is 5.91 Å². The molecule has 0 unspecified atom stereocenters. The van der Waals surface area contributed by atoms with E-state index in [1.807, 2.05) is 30.0 Å². The largest absolute Gasteiger partial charge is 0.309 e. The minimum atomic E-state index is -0.396. The molecule has 0 spiro atoms. The number of rotatable bonds is 2. The molecule has 0 radical (unpaired) electrons. The van der Waals surface area contributed by atoms with Gasteiger partial charge in [0.1, 0.15) is 18.7 Å². The summed E-state index contributed by atoms with van der Waals surface area (Å²) in [6.45, 7) is 4.69. The number of thioether (sulfide) groups is 1. The molecule has 0 aliphatic carbocycles. The average molecular weight is 337 g/mol. The van der Waals surface area contributed by atoms with Gasteiger partial charge in [0.25, 0.3) is 5.91 Å². The number of fused-ring (bicyclic) bond motifs is 1. The van der Waals surface area contributed by atoms with Crippen molar-refractivity contribution in [2.45, 2.75) is 36.5 Å². The van der Waals surface area contributed by atoms with Crippen LogP contribution in [0, 0.1) is 0 Å². The van der Waals surface area contributed by atoms with Crippen LogP contribution in [-0.2, 0) is 4.79 Å². The van der Waals surface area contributed by atoms with Crippen LogP contribution < -0.4 is 4.90 Å². The molecule has 1 aromatic heterocycles. The maximum absolute atomic E-state index is 12.9. The van der Waals surface area contributed by atoms with Crippen LogP contribution in [-0.4, -0.2) is 32.5 Å². The van der Waals surface area contributed by atoms with Gasteiger partial charge in [0.15, 0.2) is 0 Å². The lowest BCUT2D eigenvalue weighted by molar-refractivity contribution is -0.121. The van der Waals surface area contributed by atoms with Crippen molar-refractivity contribution < 1.29 is 4.79 Å². The molecular formula is C15H17ClN4OS. The zero-order valence-corrected chi connectivity index (χ0v) is 14.0. The van der Waals surface area contributed by atoms with E-state index in [0.29, 0.717) is 16.8 Å². The fourth-order valence-electron chi connectivity index (χ4n) is 2.49. The van der Waals surface area contributed by atoms with Crippen LogP contribution >= 0.6 is 23.4 Å². The standard InChI is InChI=1S/C15H17ClN4OS/c1-10-5-6-19(13-7-12(16)3-4-14(13)22-10)15(21)11(2)20-9-17-8-18-20/h3-4,7-11H,5-6H2,1-2H3/t10-,11+/m0/s1. The Hall–Kier alpha value is -1.53. The van der Waals surface area contributed by atoms with Crippen LogP contribution in [0.5, 0.6) is 0 Å². The number of hydrogen-bond acceptors (Lipinski definition) is 4. The van der Waals surface area contributed by atoms with Crippen LogP contribution in [0.25, 0.3) is 0 Å². The van der Waals surface area contributed by atoms with Crippen LogP contribution in [0.3, 0.4) is 0 Å². The zero-order chi connectivity index (χ0) is 15.7. The molecule has 0 saturated heterocycles. The van der Waals surface area contributed by atoms with Crippen LogP contribution in [0.15, 0.2) is 35.7 Å². The van der Waals surface area contributed by atoms with Crippen molar-refractivity contribution in [2.75, 3.05) is 11.4 Å². The van der Waals surface area contributed by atoms with Crippen molar-refractivity contribution in [1.29, 1.82) is 0 Å². The van der Waals surface area contributed by atoms with E-state index in [1.54, 1.807) is 22.8 Å². The van der Waals surface area contributed by atoms with Gasteiger partial charge in [-0.3, -0.25) is 4.79 Å². The third-order valence-electron chi connectivity index (χ3n) is 3.76. The summed E-state index contributed by atoms with van der Waals surface area (Å²) in [7, 11) is 0. The molecule has 3 rings (SSSR count). The van der Waals surface area contributed by atoms with Gasteiger partial charge in [0, 0.05) is 21.7 Å². The van der Waals surface area contributed by atoms with E-state index in [2.05, 4.69) is 17.0 Å². The fraction of sp³-hybridized carbons (Fsp3) is 0.400. The SMILES string of the molecule is C[C@H](C(=O)N1CC[C@H](C)Sc2ccc(Cl)cc21)n1cncn1. The van der Waals surface area contributed by atoms with Crippen LogP contribution in [0.2, 0.25) is 5.02 Å². The first-order valence-electron chi connectivity index (χ1n) is 7.18. The van der Waals surface area contributed by atoms with Crippen molar-refractivity contribution in [1.82, 2.24) is 14.8 Å². The van der Waals surface area contributed by atoms with Gasteiger partial charge in [-0.1, -0.05) is 18.5 Å². The molecule has 2 heterocycles. The Morgan fingerprint density at radius 2 is 2.32 bits per heavy atom. The lowest BCUT2D eigenvalue weighted by atomic mass is 10.2. The number of nitrogens with zero attached hydrogens (tertiary/aromatic N) is 4. The minimum Gasteiger partial charge on any atom is -0.309 e. The van der Waals surface area contributed by atoms with Crippen LogP contribution in [0.4, 0.5) is 5.69 Å². The van der Waals surface area contributed by atoms with Gasteiger partial charge < -0.3 is 4.90 Å². The number of aromatic nitrogens is 3. The topological polar surface area (TPSA) is 51.0 Å². The molecule has 116 valence electrons. The maximum Gasteiger partial charge on any atom is 0.251 e. The molecule has 0 fully saturated rings. The van der Waals surface area contributed by atoms with Gasteiger partial charge in [-0.05, 0) is 31.5 Å². The molecular weight excluding hydrogens is 320 g/mol. The van der Waals surface area contributed by atoms with Gasteiger partial charge in [-0.15, -0.1) is 11.8 Å². The van der Waals surface area contributed by atoms with Crippen molar-refractivity contribution in [3.63, 3.8) is 0 Å². The van der Waals surface area contributed by atoms with Gasteiger partial charge >= 0.3 is 0 Å². The van der Waals surface area contributed by atoms with Crippen LogP contribution in [0.1, 0.15) is 26.3 Å². The summed E-state index contributed by atoms with van der Waals surface area (Å²) in [5.74, 6) is 0.00344. The number of benzene rings is 1. The third-order valence-corrected chi connectivity index (χ3v) is 5.23. The Bertz CT molecular complexity index is 676. The molecule has 7 heteroatoms. The number of halogens is 1. The van der Waals surface area contributed by atoms with Crippen molar-refractivity contribution >= 4 is 35.0 Å². The lowest BCUT2D eigenvalue weighted by Gasteiger charge is -2.25. The molecule has 0 bridgehead atoms. The molecule has 2 atom stereocenters. The monoisotopic (exact) mass is 336 g/mol. The summed E-state index contributed by atoms with van der Waals surface area (Å²) in [5.41, 5.74) is 0.888. The molecule has 5 nitrogen and oxygen atoms in total. The predicted octanol–water partition coefficient (Wildman–Crippen LogP) is 3.41. The Morgan fingerprint density at radius 1 is 1.50 bits per heavy atom. The lowest BCUT2D eigenvalue weighted by Crippen LogP contribution is -2.37. The molecule has 1 aliphatic rings. The first-order chi connectivity index (χ1) is 10.6. The number of carbonyl (C=O) groups excluding carboxylic acids is 1. The number of hydrogen-bond donors (Lipinski definition) is 0. The quantitative estimate of drug-likeness (QED) is 0.843. The first kappa shape index (κ1) is 15.4.